The fraction of sp³-hybridized carbons (Fsp3) is 0.526. The van der Waals surface area contributed by atoms with Gasteiger partial charge in [0.1, 0.15) is 0 Å². The van der Waals surface area contributed by atoms with Crippen LogP contribution in [0.1, 0.15) is 50.7 Å². The van der Waals surface area contributed by atoms with Gasteiger partial charge in [-0.15, -0.1) is 0 Å². The van der Waals surface area contributed by atoms with Crippen molar-refractivity contribution in [3.8, 4) is 0 Å². The highest BCUT2D eigenvalue weighted by Gasteiger charge is 2.71. The standard InChI is InChI=1S/C38H42N4/c1-3-23-19-39-15-13-37-29-9-5-8-12-32(29)42-22-28-26-18-34-38(14-16-40(34)20-24(26)4-2)30-10-6-7-11-31(30)41(36(28)38)21-27(35(37)42)25(23)17-33(37)39/h3-12,21,25-26,28,33-36H,13-20,22H2,1-2H3/b23-3-,24-4-,27-21-. The van der Waals surface area contributed by atoms with Gasteiger partial charge in [0.25, 0.3) is 0 Å². The fourth-order valence-electron chi connectivity index (χ4n) is 13.1. The number of piperidine rings is 2. The van der Waals surface area contributed by atoms with E-state index in [-0.39, 0.29) is 10.8 Å². The van der Waals surface area contributed by atoms with Crippen LogP contribution in [0.25, 0.3) is 0 Å². The van der Waals surface area contributed by atoms with Crippen LogP contribution in [0.3, 0.4) is 0 Å². The molecule has 2 aromatic carbocycles. The first-order valence-corrected chi connectivity index (χ1v) is 16.9. The molecule has 0 aromatic heterocycles. The van der Waals surface area contributed by atoms with Crippen molar-refractivity contribution in [3.05, 3.63) is 94.7 Å². The lowest BCUT2D eigenvalue weighted by Crippen LogP contribution is -2.68. The third-order valence-corrected chi connectivity index (χ3v) is 14.4. The molecule has 214 valence electrons. The number of anilines is 2. The van der Waals surface area contributed by atoms with Crippen molar-refractivity contribution in [3.63, 3.8) is 0 Å². The van der Waals surface area contributed by atoms with Crippen molar-refractivity contribution in [1.82, 2.24) is 9.80 Å². The number of fused-ring (bicyclic) bond motifs is 8. The van der Waals surface area contributed by atoms with Crippen molar-refractivity contribution in [2.75, 3.05) is 42.5 Å². The van der Waals surface area contributed by atoms with E-state index in [1.807, 2.05) is 0 Å². The first kappa shape index (κ1) is 23.6. The summed E-state index contributed by atoms with van der Waals surface area (Å²) in [5.41, 5.74) is 12.0. The van der Waals surface area contributed by atoms with E-state index in [0.717, 1.165) is 6.54 Å². The molecule has 4 nitrogen and oxygen atoms in total. The third-order valence-electron chi connectivity index (χ3n) is 14.4. The summed E-state index contributed by atoms with van der Waals surface area (Å²) in [6, 6.07) is 21.7. The van der Waals surface area contributed by atoms with Gasteiger partial charge >= 0.3 is 0 Å². The molecule has 0 N–H and O–H groups in total. The van der Waals surface area contributed by atoms with Gasteiger partial charge < -0.3 is 9.80 Å². The first-order chi connectivity index (χ1) is 20.7. The zero-order valence-electron chi connectivity index (χ0n) is 25.0. The number of hydrogen-bond donors (Lipinski definition) is 0. The molecule has 2 aliphatic carbocycles. The molecule has 11 rings (SSSR count). The van der Waals surface area contributed by atoms with Gasteiger partial charge in [-0.1, -0.05) is 59.7 Å². The summed E-state index contributed by atoms with van der Waals surface area (Å²) in [7, 11) is 0. The minimum Gasteiger partial charge on any atom is -0.363 e. The van der Waals surface area contributed by atoms with Crippen molar-refractivity contribution in [2.24, 2.45) is 17.8 Å². The van der Waals surface area contributed by atoms with Crippen LogP contribution < -0.4 is 9.80 Å². The Morgan fingerprint density at radius 1 is 0.762 bits per heavy atom. The molecule has 2 saturated carbocycles. The Morgan fingerprint density at radius 2 is 1.43 bits per heavy atom. The average molecular weight is 555 g/mol. The number of para-hydroxylation sites is 2. The molecular weight excluding hydrogens is 512 g/mol. The minimum atomic E-state index is 0.222. The molecule has 9 aliphatic rings. The van der Waals surface area contributed by atoms with Crippen LogP contribution in [-0.2, 0) is 10.8 Å². The Morgan fingerprint density at radius 3 is 2.21 bits per heavy atom. The maximum Gasteiger partial charge on any atom is 0.0638 e. The van der Waals surface area contributed by atoms with Crippen LogP contribution in [-0.4, -0.2) is 66.7 Å². The largest absolute Gasteiger partial charge is 0.363 e. The summed E-state index contributed by atoms with van der Waals surface area (Å²) in [5.74, 6) is 1.87. The molecule has 6 fully saturated rings. The number of benzene rings is 2. The Hall–Kier alpha value is -2.82. The summed E-state index contributed by atoms with van der Waals surface area (Å²) in [4.78, 5) is 11.7. The Balaban J connectivity index is 1.22. The third kappa shape index (κ3) is 2.37. The van der Waals surface area contributed by atoms with Gasteiger partial charge in [0.05, 0.1) is 6.04 Å². The number of allylic oxidation sites excluding steroid dienone is 2. The van der Waals surface area contributed by atoms with E-state index >= 15 is 0 Å². The Kier molecular flexibility index (Phi) is 4.29. The molecule has 0 amide bonds. The summed E-state index contributed by atoms with van der Waals surface area (Å²) in [6.45, 7) is 10.7. The minimum absolute atomic E-state index is 0.222. The van der Waals surface area contributed by atoms with Crippen molar-refractivity contribution in [2.45, 2.75) is 74.5 Å². The van der Waals surface area contributed by atoms with Gasteiger partial charge in [-0.05, 0) is 87.4 Å². The smallest absolute Gasteiger partial charge is 0.0638 e. The highest BCUT2D eigenvalue weighted by Crippen LogP contribution is 2.68. The highest BCUT2D eigenvalue weighted by molar-refractivity contribution is 5.74. The van der Waals surface area contributed by atoms with Crippen LogP contribution in [0, 0.1) is 17.8 Å². The lowest BCUT2D eigenvalue weighted by atomic mass is 9.54. The van der Waals surface area contributed by atoms with E-state index in [1.165, 1.54) is 57.5 Å². The maximum absolute atomic E-state index is 3.01. The van der Waals surface area contributed by atoms with Crippen LogP contribution in [0.4, 0.5) is 11.4 Å². The van der Waals surface area contributed by atoms with Gasteiger partial charge in [-0.3, -0.25) is 9.80 Å². The normalized spacial score (nSPS) is 46.6. The second-order valence-electron chi connectivity index (χ2n) is 15.1. The summed E-state index contributed by atoms with van der Waals surface area (Å²) in [5, 5.41) is 0. The van der Waals surface area contributed by atoms with Gasteiger partial charge in [-0.25, -0.2) is 0 Å². The Labute approximate surface area is 250 Å². The van der Waals surface area contributed by atoms with Gasteiger partial charge in [0, 0.05) is 78.0 Å². The molecule has 0 radical (unpaired) electrons. The molecule has 4 heteroatoms. The predicted molar refractivity (Wildman–Crippen MR) is 169 cm³/mol. The van der Waals surface area contributed by atoms with Crippen LogP contribution in [0.15, 0.2) is 83.6 Å². The molecule has 2 spiro atoms. The van der Waals surface area contributed by atoms with Crippen molar-refractivity contribution >= 4 is 11.4 Å². The van der Waals surface area contributed by atoms with Crippen LogP contribution >= 0.6 is 0 Å². The van der Waals surface area contributed by atoms with E-state index in [1.54, 1.807) is 33.5 Å². The molecule has 7 aliphatic heterocycles. The molecule has 2 aromatic rings. The second-order valence-corrected chi connectivity index (χ2v) is 15.1. The number of hydrogen-bond acceptors (Lipinski definition) is 4. The summed E-state index contributed by atoms with van der Waals surface area (Å²) in [6.07, 6.45) is 13.0. The molecule has 4 bridgehead atoms. The molecule has 7 heterocycles. The number of rotatable bonds is 0. The van der Waals surface area contributed by atoms with E-state index in [0.29, 0.717) is 41.9 Å². The summed E-state index contributed by atoms with van der Waals surface area (Å²) < 4.78 is 0. The monoisotopic (exact) mass is 554 g/mol. The topological polar surface area (TPSA) is 13.0 Å². The zero-order valence-corrected chi connectivity index (χ0v) is 25.0. The van der Waals surface area contributed by atoms with Gasteiger partial charge in [0.15, 0.2) is 0 Å². The quantitative estimate of drug-likeness (QED) is 0.378. The van der Waals surface area contributed by atoms with Crippen molar-refractivity contribution < 1.29 is 0 Å². The van der Waals surface area contributed by atoms with E-state index in [2.05, 4.69) is 100 Å². The summed E-state index contributed by atoms with van der Waals surface area (Å²) >= 11 is 0. The number of nitrogens with zero attached hydrogens (tertiary/aromatic N) is 4. The second kappa shape index (κ2) is 7.63. The lowest BCUT2D eigenvalue weighted by Gasteiger charge is -2.60. The Bertz CT molecular complexity index is 1650. The zero-order chi connectivity index (χ0) is 27.5. The van der Waals surface area contributed by atoms with E-state index in [9.17, 15) is 0 Å². The average Bonchev–Trinajstić information content (AvgIpc) is 3.75. The van der Waals surface area contributed by atoms with E-state index in [4.69, 9.17) is 0 Å². The molecule has 42 heavy (non-hydrogen) atoms. The van der Waals surface area contributed by atoms with Gasteiger partial charge in [0.2, 0.25) is 0 Å². The molecule has 9 unspecified atom stereocenters. The highest BCUT2D eigenvalue weighted by atomic mass is 15.3. The first-order valence-electron chi connectivity index (χ1n) is 16.9. The SMILES string of the molecule is C/C=C1/CN2CCC34c5ccccc5N5CC6C7CC8N(CCC89c8ccccc8N(/C=C(/C1CC23)C54)C69)C/C7=C/C. The predicted octanol–water partition coefficient (Wildman–Crippen LogP) is 5.86. The molecule has 4 saturated heterocycles. The van der Waals surface area contributed by atoms with Crippen LogP contribution in [0.5, 0.6) is 0 Å². The van der Waals surface area contributed by atoms with E-state index < -0.39 is 0 Å². The van der Waals surface area contributed by atoms with Crippen LogP contribution in [0.2, 0.25) is 0 Å². The fourth-order valence-corrected chi connectivity index (χ4v) is 13.1. The molecule has 9 atom stereocenters. The molecular formula is C38H42N4. The lowest BCUT2D eigenvalue weighted by molar-refractivity contribution is 0.0491. The van der Waals surface area contributed by atoms with Gasteiger partial charge in [-0.2, -0.15) is 0 Å². The van der Waals surface area contributed by atoms with Crippen molar-refractivity contribution in [1.29, 1.82) is 0 Å². The maximum atomic E-state index is 3.01.